The molecule has 3 aromatic rings. The van der Waals surface area contributed by atoms with Crippen LogP contribution in [-0.2, 0) is 22.9 Å². The number of hydrogen-bond donors (Lipinski definition) is 0. The van der Waals surface area contributed by atoms with E-state index in [1.54, 1.807) is 16.4 Å². The third kappa shape index (κ3) is 3.96. The molecule has 0 N–H and O–H groups in total. The molecule has 0 radical (unpaired) electrons. The maximum absolute atomic E-state index is 13.2. The maximum Gasteiger partial charge on any atom is 0.271 e. The molecule has 0 spiro atoms. The summed E-state index contributed by atoms with van der Waals surface area (Å²) >= 11 is 0. The highest BCUT2D eigenvalue weighted by molar-refractivity contribution is 7.89. The molecule has 0 amide bonds. The van der Waals surface area contributed by atoms with Crippen LogP contribution in [0.25, 0.3) is 5.69 Å². The van der Waals surface area contributed by atoms with Gasteiger partial charge in [-0.25, -0.2) is 8.42 Å². The number of benzene rings is 2. The topological polar surface area (TPSA) is 75.5 Å². The number of hydrogen-bond acceptors (Lipinski definition) is 5. The second kappa shape index (κ2) is 8.52. The van der Waals surface area contributed by atoms with Crippen LogP contribution in [-0.4, -0.2) is 48.7 Å². The minimum absolute atomic E-state index is 0.200. The van der Waals surface area contributed by atoms with Gasteiger partial charge in [0.1, 0.15) is 5.82 Å². The average Bonchev–Trinajstić information content (AvgIpc) is 2.84. The lowest BCUT2D eigenvalue weighted by molar-refractivity contribution is 0.383. The largest absolute Gasteiger partial charge is 0.353 e. The predicted molar refractivity (Wildman–Crippen MR) is 124 cm³/mol. The first kappa shape index (κ1) is 20.9. The van der Waals surface area contributed by atoms with Crippen molar-refractivity contribution in [3.05, 3.63) is 82.1 Å². The number of aryl methyl sites for hydroxylation is 2. The van der Waals surface area contributed by atoms with Crippen molar-refractivity contribution < 1.29 is 8.42 Å². The molecule has 7 nitrogen and oxygen atoms in total. The zero-order valence-electron chi connectivity index (χ0n) is 17.9. The Bertz CT molecular complexity index is 1280. The van der Waals surface area contributed by atoms with Crippen LogP contribution in [0.3, 0.4) is 0 Å². The van der Waals surface area contributed by atoms with Gasteiger partial charge in [-0.2, -0.15) is 8.99 Å². The molecule has 5 rings (SSSR count). The van der Waals surface area contributed by atoms with Gasteiger partial charge in [0.2, 0.25) is 10.0 Å². The lowest BCUT2D eigenvalue weighted by Crippen LogP contribution is -2.49. The van der Waals surface area contributed by atoms with Crippen LogP contribution in [0.5, 0.6) is 0 Å². The van der Waals surface area contributed by atoms with Gasteiger partial charge >= 0.3 is 0 Å². The van der Waals surface area contributed by atoms with E-state index in [0.29, 0.717) is 42.6 Å². The summed E-state index contributed by atoms with van der Waals surface area (Å²) < 4.78 is 29.4. The van der Waals surface area contributed by atoms with E-state index in [0.717, 1.165) is 19.3 Å². The standard InChI is InChI=1S/C24H26N4O3S/c29-24-13-12-23(25-28(24)21-8-2-1-3-9-21)26-14-16-27(17-15-26)32(30,31)22-11-10-19-6-4-5-7-20(19)18-22/h1-3,8-13,18H,4-7,14-17H2. The number of rotatable bonds is 4. The highest BCUT2D eigenvalue weighted by atomic mass is 32.2. The van der Waals surface area contributed by atoms with E-state index in [1.165, 1.54) is 28.3 Å². The van der Waals surface area contributed by atoms with Crippen LogP contribution >= 0.6 is 0 Å². The Morgan fingerprint density at radius 3 is 2.25 bits per heavy atom. The molecule has 0 saturated carbocycles. The van der Waals surface area contributed by atoms with E-state index in [-0.39, 0.29) is 5.56 Å². The lowest BCUT2D eigenvalue weighted by Gasteiger charge is -2.34. The molecule has 32 heavy (non-hydrogen) atoms. The van der Waals surface area contributed by atoms with E-state index in [9.17, 15) is 13.2 Å². The summed E-state index contributed by atoms with van der Waals surface area (Å²) in [6.07, 6.45) is 4.28. The van der Waals surface area contributed by atoms with E-state index in [1.807, 2.05) is 47.4 Å². The first-order valence-corrected chi connectivity index (χ1v) is 12.5. The quantitative estimate of drug-likeness (QED) is 0.611. The van der Waals surface area contributed by atoms with Crippen molar-refractivity contribution in [1.82, 2.24) is 14.1 Å². The highest BCUT2D eigenvalue weighted by Gasteiger charge is 2.30. The van der Waals surface area contributed by atoms with Crippen LogP contribution in [0.15, 0.2) is 70.4 Å². The third-order valence-electron chi connectivity index (χ3n) is 6.31. The van der Waals surface area contributed by atoms with Crippen molar-refractivity contribution >= 4 is 15.8 Å². The zero-order valence-corrected chi connectivity index (χ0v) is 18.7. The van der Waals surface area contributed by atoms with Crippen molar-refractivity contribution in [3.8, 4) is 5.69 Å². The Balaban J connectivity index is 1.33. The lowest BCUT2D eigenvalue weighted by atomic mass is 9.92. The Labute approximate surface area is 188 Å². The molecule has 166 valence electrons. The van der Waals surface area contributed by atoms with Gasteiger partial charge in [-0.05, 0) is 67.1 Å². The summed E-state index contributed by atoms with van der Waals surface area (Å²) in [5.74, 6) is 0.666. The summed E-state index contributed by atoms with van der Waals surface area (Å²) in [5, 5.41) is 4.52. The van der Waals surface area contributed by atoms with Gasteiger partial charge in [0.05, 0.1) is 10.6 Å². The second-order valence-corrected chi connectivity index (χ2v) is 10.2. The van der Waals surface area contributed by atoms with Crippen LogP contribution in [0, 0.1) is 0 Å². The number of para-hydroxylation sites is 1. The van der Waals surface area contributed by atoms with Gasteiger partial charge in [-0.3, -0.25) is 4.79 Å². The molecular formula is C24H26N4O3S. The maximum atomic E-state index is 13.2. The SMILES string of the molecule is O=c1ccc(N2CCN(S(=O)(=O)c3ccc4c(c3)CCCC4)CC2)nn1-c1ccccc1. The minimum Gasteiger partial charge on any atom is -0.353 e. The summed E-state index contributed by atoms with van der Waals surface area (Å²) in [6, 6.07) is 18.1. The summed E-state index contributed by atoms with van der Waals surface area (Å²) in [4.78, 5) is 14.7. The fraction of sp³-hybridized carbons (Fsp3) is 0.333. The Morgan fingerprint density at radius 2 is 1.50 bits per heavy atom. The van der Waals surface area contributed by atoms with E-state index in [4.69, 9.17) is 0 Å². The van der Waals surface area contributed by atoms with E-state index in [2.05, 4.69) is 5.10 Å². The molecule has 1 saturated heterocycles. The number of piperazine rings is 1. The molecule has 8 heteroatoms. The number of nitrogens with zero attached hydrogens (tertiary/aromatic N) is 4. The smallest absolute Gasteiger partial charge is 0.271 e. The van der Waals surface area contributed by atoms with Gasteiger partial charge in [0.15, 0.2) is 0 Å². The van der Waals surface area contributed by atoms with Crippen LogP contribution in [0.1, 0.15) is 24.0 Å². The second-order valence-electron chi connectivity index (χ2n) is 8.31. The van der Waals surface area contributed by atoms with Gasteiger partial charge in [-0.1, -0.05) is 24.3 Å². The zero-order chi connectivity index (χ0) is 22.1. The molecule has 2 aliphatic rings. The molecule has 1 aromatic heterocycles. The Morgan fingerprint density at radius 1 is 0.781 bits per heavy atom. The molecule has 0 atom stereocenters. The molecular weight excluding hydrogens is 424 g/mol. The highest BCUT2D eigenvalue weighted by Crippen LogP contribution is 2.26. The molecule has 1 aliphatic carbocycles. The van der Waals surface area contributed by atoms with Crippen molar-refractivity contribution in [2.24, 2.45) is 0 Å². The van der Waals surface area contributed by atoms with Crippen molar-refractivity contribution in [2.45, 2.75) is 30.6 Å². The van der Waals surface area contributed by atoms with Gasteiger partial charge < -0.3 is 4.90 Å². The van der Waals surface area contributed by atoms with E-state index >= 15 is 0 Å². The Kier molecular flexibility index (Phi) is 5.57. The molecule has 1 aliphatic heterocycles. The first-order valence-electron chi connectivity index (χ1n) is 11.1. The Hall–Kier alpha value is -2.97. The summed E-state index contributed by atoms with van der Waals surface area (Å²) in [7, 11) is -3.53. The molecule has 0 unspecified atom stereocenters. The first-order chi connectivity index (χ1) is 15.5. The van der Waals surface area contributed by atoms with Crippen molar-refractivity contribution in [2.75, 3.05) is 31.1 Å². The molecule has 2 aromatic carbocycles. The molecule has 0 bridgehead atoms. The van der Waals surface area contributed by atoms with Crippen LogP contribution in [0.2, 0.25) is 0 Å². The summed E-state index contributed by atoms with van der Waals surface area (Å²) in [5.41, 5.74) is 2.95. The number of aromatic nitrogens is 2. The van der Waals surface area contributed by atoms with Gasteiger partial charge in [0, 0.05) is 32.2 Å². The fourth-order valence-corrected chi connectivity index (χ4v) is 5.97. The minimum atomic E-state index is -3.53. The number of fused-ring (bicyclic) bond motifs is 1. The summed E-state index contributed by atoms with van der Waals surface area (Å²) in [6.45, 7) is 1.80. The fourth-order valence-electron chi connectivity index (χ4n) is 4.50. The normalized spacial score (nSPS) is 17.2. The molecule has 1 fully saturated rings. The van der Waals surface area contributed by atoms with E-state index < -0.39 is 10.0 Å². The van der Waals surface area contributed by atoms with Crippen LogP contribution < -0.4 is 10.5 Å². The van der Waals surface area contributed by atoms with Gasteiger partial charge in [-0.15, -0.1) is 5.10 Å². The number of sulfonamides is 1. The molecule has 2 heterocycles. The average molecular weight is 451 g/mol. The third-order valence-corrected chi connectivity index (χ3v) is 8.20. The predicted octanol–water partition coefficient (Wildman–Crippen LogP) is 2.62. The van der Waals surface area contributed by atoms with Gasteiger partial charge in [0.25, 0.3) is 5.56 Å². The van der Waals surface area contributed by atoms with Crippen molar-refractivity contribution in [1.29, 1.82) is 0 Å². The van der Waals surface area contributed by atoms with Crippen molar-refractivity contribution in [3.63, 3.8) is 0 Å². The monoisotopic (exact) mass is 450 g/mol. The van der Waals surface area contributed by atoms with Crippen LogP contribution in [0.4, 0.5) is 5.82 Å². The number of anilines is 1.